The smallest absolute Gasteiger partial charge is 0.335 e. The van der Waals surface area contributed by atoms with Crippen molar-refractivity contribution >= 4 is 32.4 Å². The van der Waals surface area contributed by atoms with Crippen molar-refractivity contribution in [2.24, 2.45) is 0 Å². The highest BCUT2D eigenvalue weighted by Crippen LogP contribution is 2.33. The number of carbonyl (C=O) groups is 1. The Morgan fingerprint density at radius 3 is 2.86 bits per heavy atom. The van der Waals surface area contributed by atoms with Gasteiger partial charge in [-0.25, -0.2) is 4.79 Å². The van der Waals surface area contributed by atoms with Gasteiger partial charge in [0.1, 0.15) is 0 Å². The topological polar surface area (TPSA) is 63.3 Å². The molecule has 1 aromatic heterocycles. The number of fused-ring (bicyclic) bond motifs is 1. The van der Waals surface area contributed by atoms with Crippen LogP contribution in [0.4, 0.5) is 5.00 Å². The zero-order chi connectivity index (χ0) is 10.3. The molecular formula is C10H9NO2S. The second-order valence-electron chi connectivity index (χ2n) is 3.11. The highest BCUT2D eigenvalue weighted by Gasteiger charge is 2.08. The fourth-order valence-corrected chi connectivity index (χ4v) is 2.33. The summed E-state index contributed by atoms with van der Waals surface area (Å²) in [6.45, 7) is 1.90. The number of aromatic carboxylic acids is 1. The predicted octanol–water partition coefficient (Wildman–Crippen LogP) is 2.49. The van der Waals surface area contributed by atoms with Crippen LogP contribution in [0, 0.1) is 6.92 Å². The molecule has 0 fully saturated rings. The highest BCUT2D eigenvalue weighted by molar-refractivity contribution is 7.22. The van der Waals surface area contributed by atoms with Crippen molar-refractivity contribution < 1.29 is 9.90 Å². The van der Waals surface area contributed by atoms with Crippen molar-refractivity contribution in [2.45, 2.75) is 6.92 Å². The van der Waals surface area contributed by atoms with E-state index in [9.17, 15) is 4.79 Å². The monoisotopic (exact) mass is 207 g/mol. The van der Waals surface area contributed by atoms with Crippen LogP contribution in [-0.2, 0) is 0 Å². The fourth-order valence-electron chi connectivity index (χ4n) is 1.37. The van der Waals surface area contributed by atoms with Crippen LogP contribution >= 0.6 is 11.3 Å². The number of carboxylic acids is 1. The van der Waals surface area contributed by atoms with Crippen LogP contribution in [-0.4, -0.2) is 11.1 Å². The lowest BCUT2D eigenvalue weighted by Crippen LogP contribution is -1.94. The van der Waals surface area contributed by atoms with Crippen LogP contribution in [0.1, 0.15) is 15.9 Å². The molecule has 0 radical (unpaired) electrons. The van der Waals surface area contributed by atoms with E-state index in [0.717, 1.165) is 20.7 Å². The zero-order valence-corrected chi connectivity index (χ0v) is 8.39. The van der Waals surface area contributed by atoms with Gasteiger partial charge in [0, 0.05) is 4.70 Å². The molecular weight excluding hydrogens is 198 g/mol. The van der Waals surface area contributed by atoms with Crippen LogP contribution in [0.5, 0.6) is 0 Å². The van der Waals surface area contributed by atoms with Crippen molar-refractivity contribution in [2.75, 3.05) is 5.73 Å². The summed E-state index contributed by atoms with van der Waals surface area (Å²) in [5, 5.41) is 10.5. The lowest BCUT2D eigenvalue weighted by atomic mass is 10.1. The number of anilines is 1. The lowest BCUT2D eigenvalue weighted by Gasteiger charge is -1.95. The van der Waals surface area contributed by atoms with Crippen molar-refractivity contribution in [1.82, 2.24) is 0 Å². The number of thiophene rings is 1. The Labute approximate surface area is 84.8 Å². The molecule has 72 valence electrons. The molecule has 0 saturated heterocycles. The quantitative estimate of drug-likeness (QED) is 0.755. The Balaban J connectivity index is 2.76. The molecule has 0 aliphatic rings. The summed E-state index contributed by atoms with van der Waals surface area (Å²) in [7, 11) is 0. The summed E-state index contributed by atoms with van der Waals surface area (Å²) >= 11 is 1.48. The van der Waals surface area contributed by atoms with E-state index in [-0.39, 0.29) is 0 Å². The van der Waals surface area contributed by atoms with Gasteiger partial charge >= 0.3 is 5.97 Å². The third-order valence-electron chi connectivity index (χ3n) is 2.22. The van der Waals surface area contributed by atoms with Crippen LogP contribution < -0.4 is 5.73 Å². The van der Waals surface area contributed by atoms with Gasteiger partial charge in [-0.2, -0.15) is 0 Å². The van der Waals surface area contributed by atoms with Crippen molar-refractivity contribution in [3.8, 4) is 0 Å². The van der Waals surface area contributed by atoms with Gasteiger partial charge in [-0.1, -0.05) is 0 Å². The van der Waals surface area contributed by atoms with Crippen LogP contribution in [0.25, 0.3) is 10.1 Å². The fraction of sp³-hybridized carbons (Fsp3) is 0.100. The van der Waals surface area contributed by atoms with Gasteiger partial charge in [-0.3, -0.25) is 0 Å². The first kappa shape index (κ1) is 9.02. The standard InChI is InChI=1S/C10H9NO2S/c1-5-7-4-6(10(12)13)2-3-8(7)14-9(5)11/h2-4H,11H2,1H3,(H,12,13). The van der Waals surface area contributed by atoms with Gasteiger partial charge in [0.25, 0.3) is 0 Å². The minimum atomic E-state index is -0.906. The number of hydrogen-bond acceptors (Lipinski definition) is 3. The summed E-state index contributed by atoms with van der Waals surface area (Å²) in [5.41, 5.74) is 7.02. The second kappa shape index (κ2) is 2.99. The molecule has 0 amide bonds. The number of carboxylic acid groups (broad SMARTS) is 1. The molecule has 3 N–H and O–H groups in total. The Hall–Kier alpha value is -1.55. The SMILES string of the molecule is Cc1c(N)sc2ccc(C(=O)O)cc12. The normalized spacial score (nSPS) is 10.6. The average molecular weight is 207 g/mol. The molecule has 4 heteroatoms. The Kier molecular flexibility index (Phi) is 1.93. The second-order valence-corrected chi connectivity index (χ2v) is 4.19. The van der Waals surface area contributed by atoms with E-state index in [0.29, 0.717) is 5.56 Å². The van der Waals surface area contributed by atoms with Crippen molar-refractivity contribution in [3.05, 3.63) is 29.3 Å². The zero-order valence-electron chi connectivity index (χ0n) is 7.57. The summed E-state index contributed by atoms with van der Waals surface area (Å²) in [6, 6.07) is 5.06. The van der Waals surface area contributed by atoms with E-state index in [1.165, 1.54) is 11.3 Å². The molecule has 0 bridgehead atoms. The maximum Gasteiger partial charge on any atom is 0.335 e. The average Bonchev–Trinajstić information content (AvgIpc) is 2.43. The van der Waals surface area contributed by atoms with Gasteiger partial charge in [0.15, 0.2) is 0 Å². The molecule has 0 atom stereocenters. The minimum absolute atomic E-state index is 0.304. The summed E-state index contributed by atoms with van der Waals surface area (Å²) < 4.78 is 1.03. The number of nitrogen functional groups attached to an aromatic ring is 1. The third kappa shape index (κ3) is 1.24. The molecule has 0 aliphatic heterocycles. The molecule has 0 saturated carbocycles. The van der Waals surface area contributed by atoms with Gasteiger partial charge < -0.3 is 10.8 Å². The van der Waals surface area contributed by atoms with E-state index in [1.54, 1.807) is 18.2 Å². The largest absolute Gasteiger partial charge is 0.478 e. The molecule has 1 aromatic carbocycles. The molecule has 2 aromatic rings. The minimum Gasteiger partial charge on any atom is -0.478 e. The Morgan fingerprint density at radius 2 is 2.21 bits per heavy atom. The number of benzene rings is 1. The molecule has 0 unspecified atom stereocenters. The number of hydrogen-bond donors (Lipinski definition) is 2. The Bertz CT molecular complexity index is 516. The Morgan fingerprint density at radius 1 is 1.50 bits per heavy atom. The molecule has 3 nitrogen and oxygen atoms in total. The number of aryl methyl sites for hydroxylation is 1. The molecule has 0 aliphatic carbocycles. The highest BCUT2D eigenvalue weighted by atomic mass is 32.1. The van der Waals surface area contributed by atoms with E-state index in [4.69, 9.17) is 10.8 Å². The van der Waals surface area contributed by atoms with E-state index < -0.39 is 5.97 Å². The van der Waals surface area contributed by atoms with E-state index in [1.807, 2.05) is 6.92 Å². The molecule has 0 spiro atoms. The van der Waals surface area contributed by atoms with Gasteiger partial charge in [0.05, 0.1) is 10.6 Å². The first-order valence-corrected chi connectivity index (χ1v) is 4.93. The van der Waals surface area contributed by atoms with Crippen LogP contribution in [0.3, 0.4) is 0 Å². The number of rotatable bonds is 1. The maximum absolute atomic E-state index is 10.7. The van der Waals surface area contributed by atoms with Crippen molar-refractivity contribution in [3.63, 3.8) is 0 Å². The summed E-state index contributed by atoms with van der Waals surface area (Å²) in [5.74, 6) is -0.906. The first-order valence-electron chi connectivity index (χ1n) is 4.11. The van der Waals surface area contributed by atoms with Crippen LogP contribution in [0.15, 0.2) is 18.2 Å². The van der Waals surface area contributed by atoms with Gasteiger partial charge in [-0.05, 0) is 36.1 Å². The first-order chi connectivity index (χ1) is 6.59. The molecule has 1 heterocycles. The van der Waals surface area contributed by atoms with Crippen molar-refractivity contribution in [1.29, 1.82) is 0 Å². The van der Waals surface area contributed by atoms with Crippen LogP contribution in [0.2, 0.25) is 0 Å². The van der Waals surface area contributed by atoms with E-state index in [2.05, 4.69) is 0 Å². The summed E-state index contributed by atoms with van der Waals surface area (Å²) in [6.07, 6.45) is 0. The summed E-state index contributed by atoms with van der Waals surface area (Å²) in [4.78, 5) is 10.7. The molecule has 14 heavy (non-hydrogen) atoms. The maximum atomic E-state index is 10.7. The van der Waals surface area contributed by atoms with E-state index >= 15 is 0 Å². The van der Waals surface area contributed by atoms with Gasteiger partial charge in [-0.15, -0.1) is 11.3 Å². The third-order valence-corrected chi connectivity index (χ3v) is 3.32. The van der Waals surface area contributed by atoms with Gasteiger partial charge in [0.2, 0.25) is 0 Å². The lowest BCUT2D eigenvalue weighted by molar-refractivity contribution is 0.0697. The molecule has 2 rings (SSSR count). The predicted molar refractivity (Wildman–Crippen MR) is 57.9 cm³/mol. The number of nitrogens with two attached hydrogens (primary N) is 1.